The predicted molar refractivity (Wildman–Crippen MR) is 109 cm³/mol. The van der Waals surface area contributed by atoms with Crippen molar-refractivity contribution in [2.75, 3.05) is 35.5 Å². The number of ether oxygens (including phenoxy) is 6. The number of carbonyl (C=O) groups is 1. The van der Waals surface area contributed by atoms with Gasteiger partial charge in [-0.3, -0.25) is 4.79 Å². The van der Waals surface area contributed by atoms with Crippen LogP contribution < -0.4 is 14.2 Å². The van der Waals surface area contributed by atoms with Crippen molar-refractivity contribution in [1.29, 1.82) is 0 Å². The summed E-state index contributed by atoms with van der Waals surface area (Å²) in [5, 5.41) is 0. The first-order valence-electron chi connectivity index (χ1n) is 9.95. The number of hydrogen-bond donors (Lipinski definition) is 0. The second-order valence-corrected chi connectivity index (χ2v) is 7.99. The van der Waals surface area contributed by atoms with E-state index in [0.717, 1.165) is 11.1 Å². The molecule has 0 amide bonds. The zero-order valence-corrected chi connectivity index (χ0v) is 18.4. The van der Waals surface area contributed by atoms with E-state index in [2.05, 4.69) is 13.8 Å². The first-order chi connectivity index (χ1) is 14.4. The van der Waals surface area contributed by atoms with E-state index < -0.39 is 5.41 Å². The minimum absolute atomic E-state index is 0.129. The fourth-order valence-corrected chi connectivity index (χ4v) is 5.19. The largest absolute Gasteiger partial charge is 0.493 e. The monoisotopic (exact) mass is 416 g/mol. The van der Waals surface area contributed by atoms with E-state index >= 15 is 0 Å². The highest BCUT2D eigenvalue weighted by Crippen LogP contribution is 2.62. The van der Waals surface area contributed by atoms with Crippen LogP contribution in [0.5, 0.6) is 17.2 Å². The van der Waals surface area contributed by atoms with Gasteiger partial charge in [0, 0.05) is 5.56 Å². The van der Waals surface area contributed by atoms with E-state index in [-0.39, 0.29) is 41.3 Å². The van der Waals surface area contributed by atoms with Crippen molar-refractivity contribution in [3.05, 3.63) is 40.9 Å². The molecule has 3 aliphatic rings. The van der Waals surface area contributed by atoms with Crippen LogP contribution in [0.1, 0.15) is 31.1 Å². The van der Waals surface area contributed by atoms with Crippen LogP contribution in [0.3, 0.4) is 0 Å². The number of methoxy groups -OCH3 is 5. The highest BCUT2D eigenvalue weighted by atomic mass is 16.5. The molecule has 4 rings (SSSR count). The van der Waals surface area contributed by atoms with Crippen molar-refractivity contribution < 1.29 is 33.2 Å². The Hall–Kier alpha value is -2.67. The van der Waals surface area contributed by atoms with Gasteiger partial charge < -0.3 is 28.4 Å². The lowest BCUT2D eigenvalue weighted by atomic mass is 9.67. The molecule has 4 unspecified atom stereocenters. The molecule has 7 heteroatoms. The average Bonchev–Trinajstić information content (AvgIpc) is 3.04. The summed E-state index contributed by atoms with van der Waals surface area (Å²) in [5.74, 6) is 2.18. The van der Waals surface area contributed by atoms with Gasteiger partial charge in [0.25, 0.3) is 5.78 Å². The number of hydrogen-bond acceptors (Lipinski definition) is 7. The summed E-state index contributed by atoms with van der Waals surface area (Å²) in [6.45, 7) is 4.35. The molecule has 2 bridgehead atoms. The Morgan fingerprint density at radius 2 is 1.43 bits per heavy atom. The third-order valence-electron chi connectivity index (χ3n) is 6.78. The molecule has 1 aromatic carbocycles. The second kappa shape index (κ2) is 7.23. The summed E-state index contributed by atoms with van der Waals surface area (Å²) in [6, 6.07) is 1.95. The molecule has 1 aromatic rings. The van der Waals surface area contributed by atoms with Gasteiger partial charge in [-0.25, -0.2) is 0 Å². The van der Waals surface area contributed by atoms with Crippen LogP contribution in [0.15, 0.2) is 29.7 Å². The number of fused-ring (bicyclic) bond motifs is 6. The minimum Gasteiger partial charge on any atom is -0.493 e. The topological polar surface area (TPSA) is 72.5 Å². The lowest BCUT2D eigenvalue weighted by molar-refractivity contribution is -0.118. The van der Waals surface area contributed by atoms with Crippen molar-refractivity contribution in [3.63, 3.8) is 0 Å². The van der Waals surface area contributed by atoms with Crippen LogP contribution in [-0.2, 0) is 24.4 Å². The summed E-state index contributed by atoms with van der Waals surface area (Å²) >= 11 is 0. The molecule has 0 saturated carbocycles. The number of benzene rings is 1. The highest BCUT2D eigenvalue weighted by molar-refractivity contribution is 6.07. The van der Waals surface area contributed by atoms with E-state index in [1.54, 1.807) is 21.3 Å². The summed E-state index contributed by atoms with van der Waals surface area (Å²) in [4.78, 5) is 12.8. The molecule has 1 saturated heterocycles. The molecular formula is C23H28O7. The molecule has 1 aliphatic carbocycles. The molecule has 2 aliphatic heterocycles. The van der Waals surface area contributed by atoms with Gasteiger partial charge in [-0.1, -0.05) is 13.8 Å². The van der Waals surface area contributed by atoms with Crippen LogP contribution in [0.2, 0.25) is 0 Å². The minimum atomic E-state index is -0.828. The first-order valence-corrected chi connectivity index (χ1v) is 9.95. The summed E-state index contributed by atoms with van der Waals surface area (Å²) in [6.07, 6.45) is 3.30. The van der Waals surface area contributed by atoms with E-state index in [0.29, 0.717) is 17.2 Å². The quantitative estimate of drug-likeness (QED) is 0.729. The highest BCUT2D eigenvalue weighted by Gasteiger charge is 2.59. The third-order valence-corrected chi connectivity index (χ3v) is 6.78. The molecule has 2 heterocycles. The average molecular weight is 416 g/mol. The van der Waals surface area contributed by atoms with Crippen LogP contribution in [0.25, 0.3) is 0 Å². The molecule has 1 spiro atoms. The number of carbonyl (C=O) groups excluding carboxylic acids is 1. The smallest absolute Gasteiger partial charge is 0.261 e. The number of ketones is 1. The van der Waals surface area contributed by atoms with E-state index in [4.69, 9.17) is 28.4 Å². The molecule has 1 fully saturated rings. The molecule has 0 aromatic heterocycles. The molecule has 162 valence electrons. The number of Topliss-reactive ketones (excluding diaryl/α,β-unsaturated/α-hetero) is 1. The molecular weight excluding hydrogens is 388 g/mol. The number of rotatable bonds is 5. The molecule has 0 N–H and O–H groups in total. The van der Waals surface area contributed by atoms with Crippen molar-refractivity contribution in [2.45, 2.75) is 31.5 Å². The van der Waals surface area contributed by atoms with Gasteiger partial charge in [0.1, 0.15) is 0 Å². The van der Waals surface area contributed by atoms with Gasteiger partial charge >= 0.3 is 0 Å². The Balaban J connectivity index is 2.13. The summed E-state index contributed by atoms with van der Waals surface area (Å²) < 4.78 is 34.6. The fraction of sp³-hybridized carbons (Fsp3) is 0.522. The van der Waals surface area contributed by atoms with Crippen molar-refractivity contribution >= 4 is 5.78 Å². The predicted octanol–water partition coefficient (Wildman–Crippen LogP) is 3.32. The Labute approximate surface area is 176 Å². The van der Waals surface area contributed by atoms with Gasteiger partial charge in [-0.2, -0.15) is 0 Å². The standard InChI is InChI=1S/C23H28O7/c1-11-12(2)22-23(9-15(26-4)18(24)16(10-23)27-5)17-13(19(11)30-22)8-14(25-3)20(28-6)21(17)29-7/h8-12,19,22H,1-7H3. The Kier molecular flexibility index (Phi) is 4.97. The normalized spacial score (nSPS) is 28.4. The maximum atomic E-state index is 12.8. The van der Waals surface area contributed by atoms with Crippen LogP contribution in [0.4, 0.5) is 0 Å². The lowest BCUT2D eigenvalue weighted by Gasteiger charge is -2.43. The van der Waals surface area contributed by atoms with Gasteiger partial charge in [-0.15, -0.1) is 0 Å². The fourth-order valence-electron chi connectivity index (χ4n) is 5.19. The van der Waals surface area contributed by atoms with Crippen molar-refractivity contribution in [3.8, 4) is 17.2 Å². The zero-order valence-electron chi connectivity index (χ0n) is 18.4. The molecule has 7 nitrogen and oxygen atoms in total. The van der Waals surface area contributed by atoms with Crippen LogP contribution >= 0.6 is 0 Å². The molecule has 0 radical (unpaired) electrons. The lowest BCUT2D eigenvalue weighted by Crippen LogP contribution is -2.45. The van der Waals surface area contributed by atoms with Gasteiger partial charge in [0.15, 0.2) is 23.0 Å². The van der Waals surface area contributed by atoms with E-state index in [9.17, 15) is 4.79 Å². The second-order valence-electron chi connectivity index (χ2n) is 7.99. The Morgan fingerprint density at radius 1 is 0.833 bits per heavy atom. The maximum absolute atomic E-state index is 12.8. The van der Waals surface area contributed by atoms with Crippen molar-refractivity contribution in [1.82, 2.24) is 0 Å². The van der Waals surface area contributed by atoms with Crippen LogP contribution in [0, 0.1) is 11.8 Å². The third kappa shape index (κ3) is 2.51. The molecule has 4 atom stereocenters. The van der Waals surface area contributed by atoms with Crippen molar-refractivity contribution in [2.24, 2.45) is 11.8 Å². The first kappa shape index (κ1) is 20.6. The Bertz CT molecular complexity index is 921. The summed E-state index contributed by atoms with van der Waals surface area (Å²) in [7, 11) is 7.74. The van der Waals surface area contributed by atoms with Gasteiger partial charge in [0.05, 0.1) is 53.2 Å². The summed E-state index contributed by atoms with van der Waals surface area (Å²) in [5.41, 5.74) is 1.01. The van der Waals surface area contributed by atoms with Crippen LogP contribution in [-0.4, -0.2) is 47.4 Å². The Morgan fingerprint density at radius 3 is 1.93 bits per heavy atom. The zero-order chi connectivity index (χ0) is 21.8. The van der Waals surface area contributed by atoms with E-state index in [1.165, 1.54) is 14.2 Å². The van der Waals surface area contributed by atoms with E-state index in [1.807, 2.05) is 18.2 Å². The van der Waals surface area contributed by atoms with Gasteiger partial charge in [0.2, 0.25) is 5.75 Å². The SMILES string of the molecule is COC1=CC2(C=C(OC)C1=O)c1c(cc(OC)c(OC)c1OC)C1OC2C(C)C1C. The van der Waals surface area contributed by atoms with Gasteiger partial charge in [-0.05, 0) is 35.6 Å². The molecule has 30 heavy (non-hydrogen) atoms. The maximum Gasteiger partial charge on any atom is 0.261 e.